The zero-order chi connectivity index (χ0) is 17.0. The van der Waals surface area contributed by atoms with E-state index in [1.807, 2.05) is 39.0 Å². The molecular weight excluding hydrogens is 360 g/mol. The molecule has 0 aliphatic carbocycles. The summed E-state index contributed by atoms with van der Waals surface area (Å²) in [7, 11) is 1.66. The maximum atomic E-state index is 12.1. The molecule has 1 saturated heterocycles. The number of nitrogens with one attached hydrogen (secondary N) is 1. The Hall–Kier alpha value is -1.27. The summed E-state index contributed by atoms with van der Waals surface area (Å²) in [5, 5.41) is 3.50. The third-order valence-corrected chi connectivity index (χ3v) is 4.45. The number of nitrogens with zero attached hydrogens (tertiary/aromatic N) is 1. The Labute approximate surface area is 146 Å². The lowest BCUT2D eigenvalue weighted by molar-refractivity contribution is 0.0291. The van der Waals surface area contributed by atoms with E-state index in [1.165, 1.54) is 0 Å². The molecule has 2 rings (SSSR count). The van der Waals surface area contributed by atoms with Gasteiger partial charge < -0.3 is 19.7 Å². The molecule has 0 aromatic heterocycles. The summed E-state index contributed by atoms with van der Waals surface area (Å²) >= 11 is 3.56. The zero-order valence-corrected chi connectivity index (χ0v) is 15.8. The van der Waals surface area contributed by atoms with E-state index in [1.54, 1.807) is 12.0 Å². The summed E-state index contributed by atoms with van der Waals surface area (Å²) in [6, 6.07) is 6.20. The van der Waals surface area contributed by atoms with Crippen molar-refractivity contribution < 1.29 is 14.3 Å². The number of carbonyl (C=O) groups is 1. The Morgan fingerprint density at radius 1 is 1.43 bits per heavy atom. The predicted octanol–water partition coefficient (Wildman–Crippen LogP) is 3.56. The van der Waals surface area contributed by atoms with Crippen LogP contribution in [0.1, 0.15) is 32.8 Å². The highest BCUT2D eigenvalue weighted by atomic mass is 79.9. The minimum Gasteiger partial charge on any atom is -0.497 e. The molecule has 1 aliphatic heterocycles. The van der Waals surface area contributed by atoms with Gasteiger partial charge in [-0.25, -0.2) is 4.79 Å². The van der Waals surface area contributed by atoms with Crippen molar-refractivity contribution in [1.82, 2.24) is 10.2 Å². The van der Waals surface area contributed by atoms with Crippen molar-refractivity contribution in [2.75, 3.05) is 20.2 Å². The molecule has 0 bridgehead atoms. The van der Waals surface area contributed by atoms with E-state index in [4.69, 9.17) is 9.47 Å². The number of halogens is 1. The Kier molecular flexibility index (Phi) is 5.92. The topological polar surface area (TPSA) is 50.8 Å². The van der Waals surface area contributed by atoms with Crippen LogP contribution in [0, 0.1) is 0 Å². The maximum Gasteiger partial charge on any atom is 0.410 e. The average Bonchev–Trinajstić information content (AvgIpc) is 2.94. The van der Waals surface area contributed by atoms with Crippen LogP contribution in [0.5, 0.6) is 5.75 Å². The van der Waals surface area contributed by atoms with Crippen LogP contribution in [0.4, 0.5) is 4.79 Å². The van der Waals surface area contributed by atoms with Crippen molar-refractivity contribution in [3.63, 3.8) is 0 Å². The number of ether oxygens (including phenoxy) is 2. The number of benzene rings is 1. The van der Waals surface area contributed by atoms with E-state index >= 15 is 0 Å². The molecule has 5 nitrogen and oxygen atoms in total. The molecule has 128 valence electrons. The summed E-state index contributed by atoms with van der Waals surface area (Å²) in [5.41, 5.74) is 0.689. The van der Waals surface area contributed by atoms with Gasteiger partial charge in [0.25, 0.3) is 0 Å². The average molecular weight is 385 g/mol. The molecule has 1 N–H and O–H groups in total. The molecule has 0 spiro atoms. The molecule has 1 heterocycles. The lowest BCUT2D eigenvalue weighted by Crippen LogP contribution is -2.38. The van der Waals surface area contributed by atoms with E-state index in [0.29, 0.717) is 6.54 Å². The molecule has 1 aromatic rings. The van der Waals surface area contributed by atoms with Crippen molar-refractivity contribution in [1.29, 1.82) is 0 Å². The summed E-state index contributed by atoms with van der Waals surface area (Å²) in [6.45, 7) is 7.79. The van der Waals surface area contributed by atoms with Gasteiger partial charge in [-0.1, -0.05) is 15.9 Å². The summed E-state index contributed by atoms with van der Waals surface area (Å²) in [4.78, 5) is 13.8. The first-order valence-electron chi connectivity index (χ1n) is 7.82. The largest absolute Gasteiger partial charge is 0.497 e. The molecule has 0 radical (unpaired) electrons. The highest BCUT2D eigenvalue weighted by Gasteiger charge is 2.29. The van der Waals surface area contributed by atoms with E-state index < -0.39 is 5.60 Å². The number of hydrogen-bond donors (Lipinski definition) is 1. The van der Waals surface area contributed by atoms with Gasteiger partial charge in [0.1, 0.15) is 11.4 Å². The zero-order valence-electron chi connectivity index (χ0n) is 14.2. The van der Waals surface area contributed by atoms with Gasteiger partial charge in [0.05, 0.1) is 7.11 Å². The first kappa shape index (κ1) is 18.1. The number of hydrogen-bond acceptors (Lipinski definition) is 4. The fourth-order valence-electron chi connectivity index (χ4n) is 2.49. The molecule has 6 heteroatoms. The second-order valence-corrected chi connectivity index (χ2v) is 7.60. The van der Waals surface area contributed by atoms with Crippen LogP contribution in [0.25, 0.3) is 0 Å². The summed E-state index contributed by atoms with van der Waals surface area (Å²) in [5.74, 6) is 0.840. The Bertz CT molecular complexity index is 557. The van der Waals surface area contributed by atoms with Crippen LogP contribution in [0.2, 0.25) is 0 Å². The Balaban J connectivity index is 1.85. The first-order chi connectivity index (χ1) is 10.8. The number of amides is 1. The van der Waals surface area contributed by atoms with Gasteiger partial charge >= 0.3 is 6.09 Å². The molecule has 0 saturated carbocycles. The third-order valence-electron chi connectivity index (χ3n) is 3.67. The maximum absolute atomic E-state index is 12.1. The van der Waals surface area contributed by atoms with Crippen molar-refractivity contribution in [3.8, 4) is 5.75 Å². The first-order valence-corrected chi connectivity index (χ1v) is 8.61. The minimum atomic E-state index is -0.450. The Morgan fingerprint density at radius 2 is 2.17 bits per heavy atom. The van der Waals surface area contributed by atoms with Gasteiger partial charge in [0.15, 0.2) is 0 Å². The second kappa shape index (κ2) is 7.53. The van der Waals surface area contributed by atoms with Gasteiger partial charge in [-0.15, -0.1) is 0 Å². The molecule has 1 fully saturated rings. The molecule has 1 aromatic carbocycles. The molecule has 1 atom stereocenters. The standard InChI is InChI=1S/C17H25BrN2O3/c1-17(2,3)23-16(21)20-8-7-13(11-20)19-10-12-9-14(22-4)5-6-15(12)18/h5-6,9,13,19H,7-8,10-11H2,1-4H3. The van der Waals surface area contributed by atoms with Crippen molar-refractivity contribution in [2.24, 2.45) is 0 Å². The summed E-state index contributed by atoms with van der Waals surface area (Å²) < 4.78 is 11.7. The molecule has 23 heavy (non-hydrogen) atoms. The van der Waals surface area contributed by atoms with Gasteiger partial charge in [-0.05, 0) is 51.0 Å². The highest BCUT2D eigenvalue weighted by Crippen LogP contribution is 2.23. The van der Waals surface area contributed by atoms with E-state index in [-0.39, 0.29) is 12.1 Å². The quantitative estimate of drug-likeness (QED) is 0.861. The van der Waals surface area contributed by atoms with E-state index in [2.05, 4.69) is 21.2 Å². The number of likely N-dealkylation sites (tertiary alicyclic amines) is 1. The van der Waals surface area contributed by atoms with Crippen molar-refractivity contribution in [2.45, 2.75) is 45.4 Å². The SMILES string of the molecule is COc1ccc(Br)c(CNC2CCN(C(=O)OC(C)(C)C)C2)c1. The fourth-order valence-corrected chi connectivity index (χ4v) is 2.87. The fraction of sp³-hybridized carbons (Fsp3) is 0.588. The van der Waals surface area contributed by atoms with Gasteiger partial charge in [0.2, 0.25) is 0 Å². The van der Waals surface area contributed by atoms with Gasteiger partial charge in [-0.3, -0.25) is 0 Å². The van der Waals surface area contributed by atoms with Crippen LogP contribution in [0.15, 0.2) is 22.7 Å². The monoisotopic (exact) mass is 384 g/mol. The lowest BCUT2D eigenvalue weighted by atomic mass is 10.2. The molecular formula is C17H25BrN2O3. The number of methoxy groups -OCH3 is 1. The van der Waals surface area contributed by atoms with Gasteiger partial charge in [0, 0.05) is 30.1 Å². The second-order valence-electron chi connectivity index (χ2n) is 6.75. The van der Waals surface area contributed by atoms with Gasteiger partial charge in [-0.2, -0.15) is 0 Å². The minimum absolute atomic E-state index is 0.232. The molecule has 1 aliphatic rings. The van der Waals surface area contributed by atoms with Crippen LogP contribution in [-0.4, -0.2) is 42.8 Å². The van der Waals surface area contributed by atoms with Crippen molar-refractivity contribution in [3.05, 3.63) is 28.2 Å². The van der Waals surface area contributed by atoms with Crippen LogP contribution in [0.3, 0.4) is 0 Å². The van der Waals surface area contributed by atoms with Crippen LogP contribution in [-0.2, 0) is 11.3 Å². The summed E-state index contributed by atoms with van der Waals surface area (Å²) in [6.07, 6.45) is 0.699. The number of rotatable bonds is 4. The molecule has 1 amide bonds. The molecule has 1 unspecified atom stereocenters. The van der Waals surface area contributed by atoms with Crippen LogP contribution >= 0.6 is 15.9 Å². The smallest absolute Gasteiger partial charge is 0.410 e. The van der Waals surface area contributed by atoms with E-state index in [9.17, 15) is 4.79 Å². The number of carbonyl (C=O) groups excluding carboxylic acids is 1. The Morgan fingerprint density at radius 3 is 2.83 bits per heavy atom. The lowest BCUT2D eigenvalue weighted by Gasteiger charge is -2.24. The normalized spacial score (nSPS) is 18.1. The van der Waals surface area contributed by atoms with Crippen molar-refractivity contribution >= 4 is 22.0 Å². The highest BCUT2D eigenvalue weighted by molar-refractivity contribution is 9.10. The van der Waals surface area contributed by atoms with Crippen LogP contribution < -0.4 is 10.1 Å². The predicted molar refractivity (Wildman–Crippen MR) is 93.7 cm³/mol. The third kappa shape index (κ3) is 5.39. The van der Waals surface area contributed by atoms with E-state index in [0.717, 1.165) is 35.3 Å².